The third-order valence-electron chi connectivity index (χ3n) is 5.76. The van der Waals surface area contributed by atoms with Gasteiger partial charge in [0.2, 0.25) is 23.6 Å². The van der Waals surface area contributed by atoms with Crippen molar-refractivity contribution in [3.05, 3.63) is 53.2 Å². The third kappa shape index (κ3) is 5.04. The number of carbonyl (C=O) groups excluding carboxylic acids is 2. The van der Waals surface area contributed by atoms with Crippen molar-refractivity contribution in [2.24, 2.45) is 0 Å². The SMILES string of the molecule is Cc1noc(C)c1CC(=O)N1CCN(C(=O)CCCc2nnc(-c3ccccc3)o2)CC1. The average molecular weight is 438 g/mol. The summed E-state index contributed by atoms with van der Waals surface area (Å²) in [6, 6.07) is 9.60. The molecular formula is C23H27N5O4. The molecule has 4 rings (SSSR count). The third-order valence-corrected chi connectivity index (χ3v) is 5.76. The maximum atomic E-state index is 12.6. The lowest BCUT2D eigenvalue weighted by Crippen LogP contribution is -2.51. The fourth-order valence-electron chi connectivity index (χ4n) is 3.82. The summed E-state index contributed by atoms with van der Waals surface area (Å²) in [6.45, 7) is 5.83. The summed E-state index contributed by atoms with van der Waals surface area (Å²) in [6.07, 6.45) is 1.89. The number of rotatable bonds is 7. The number of amides is 2. The van der Waals surface area contributed by atoms with Gasteiger partial charge in [-0.2, -0.15) is 0 Å². The Morgan fingerprint density at radius 1 is 0.969 bits per heavy atom. The van der Waals surface area contributed by atoms with Gasteiger partial charge in [-0.1, -0.05) is 23.4 Å². The zero-order valence-corrected chi connectivity index (χ0v) is 18.4. The minimum Gasteiger partial charge on any atom is -0.421 e. The monoisotopic (exact) mass is 437 g/mol. The fraction of sp³-hybridized carbons (Fsp3) is 0.435. The summed E-state index contributed by atoms with van der Waals surface area (Å²) < 4.78 is 10.8. The smallest absolute Gasteiger partial charge is 0.247 e. The minimum atomic E-state index is 0.0390. The van der Waals surface area contributed by atoms with Crippen molar-refractivity contribution in [2.75, 3.05) is 26.2 Å². The van der Waals surface area contributed by atoms with E-state index in [1.54, 1.807) is 4.90 Å². The quantitative estimate of drug-likeness (QED) is 0.559. The first-order chi connectivity index (χ1) is 15.5. The van der Waals surface area contributed by atoms with E-state index < -0.39 is 0 Å². The molecule has 9 nitrogen and oxygen atoms in total. The van der Waals surface area contributed by atoms with E-state index in [9.17, 15) is 9.59 Å². The molecule has 32 heavy (non-hydrogen) atoms. The van der Waals surface area contributed by atoms with Crippen LogP contribution < -0.4 is 0 Å². The molecule has 1 aliphatic rings. The lowest BCUT2D eigenvalue weighted by atomic mass is 10.1. The van der Waals surface area contributed by atoms with E-state index in [4.69, 9.17) is 8.94 Å². The number of nitrogens with zero attached hydrogens (tertiary/aromatic N) is 5. The summed E-state index contributed by atoms with van der Waals surface area (Å²) in [4.78, 5) is 28.8. The molecule has 0 spiro atoms. The predicted molar refractivity (Wildman–Crippen MR) is 116 cm³/mol. The second-order valence-corrected chi connectivity index (χ2v) is 7.96. The molecule has 168 valence electrons. The lowest BCUT2D eigenvalue weighted by molar-refractivity contribution is -0.139. The van der Waals surface area contributed by atoms with Crippen molar-refractivity contribution < 1.29 is 18.5 Å². The van der Waals surface area contributed by atoms with Crippen LogP contribution in [0, 0.1) is 13.8 Å². The van der Waals surface area contributed by atoms with Crippen molar-refractivity contribution in [1.82, 2.24) is 25.2 Å². The highest BCUT2D eigenvalue weighted by molar-refractivity contribution is 5.80. The van der Waals surface area contributed by atoms with Crippen LogP contribution >= 0.6 is 0 Å². The highest BCUT2D eigenvalue weighted by atomic mass is 16.5. The van der Waals surface area contributed by atoms with E-state index in [2.05, 4.69) is 15.4 Å². The van der Waals surface area contributed by atoms with Gasteiger partial charge in [-0.25, -0.2) is 0 Å². The summed E-state index contributed by atoms with van der Waals surface area (Å²) in [5.41, 5.74) is 2.48. The van der Waals surface area contributed by atoms with Gasteiger partial charge >= 0.3 is 0 Å². The first-order valence-corrected chi connectivity index (χ1v) is 10.9. The molecule has 0 aliphatic carbocycles. The number of carbonyl (C=O) groups is 2. The van der Waals surface area contributed by atoms with Crippen molar-refractivity contribution >= 4 is 11.8 Å². The zero-order valence-electron chi connectivity index (χ0n) is 18.4. The fourth-order valence-corrected chi connectivity index (χ4v) is 3.82. The van der Waals surface area contributed by atoms with Crippen LogP contribution in [-0.2, 0) is 22.4 Å². The normalized spacial score (nSPS) is 14.1. The maximum absolute atomic E-state index is 12.6. The van der Waals surface area contributed by atoms with Crippen LogP contribution in [0.4, 0.5) is 0 Å². The van der Waals surface area contributed by atoms with Gasteiger partial charge < -0.3 is 18.7 Å². The van der Waals surface area contributed by atoms with Crippen LogP contribution in [0.2, 0.25) is 0 Å². The minimum absolute atomic E-state index is 0.0390. The zero-order chi connectivity index (χ0) is 22.5. The number of benzene rings is 1. The van der Waals surface area contributed by atoms with Crippen molar-refractivity contribution in [3.63, 3.8) is 0 Å². The Morgan fingerprint density at radius 2 is 1.66 bits per heavy atom. The Kier molecular flexibility index (Phi) is 6.63. The lowest BCUT2D eigenvalue weighted by Gasteiger charge is -2.35. The van der Waals surface area contributed by atoms with E-state index in [0.29, 0.717) is 63.0 Å². The van der Waals surface area contributed by atoms with E-state index in [-0.39, 0.29) is 18.2 Å². The Bertz CT molecular complexity index is 1050. The first kappa shape index (κ1) is 21.7. The van der Waals surface area contributed by atoms with Crippen LogP contribution in [-0.4, -0.2) is 63.1 Å². The topological polar surface area (TPSA) is 106 Å². The van der Waals surface area contributed by atoms with Gasteiger partial charge in [0.15, 0.2) is 0 Å². The molecule has 9 heteroatoms. The van der Waals surface area contributed by atoms with Gasteiger partial charge in [-0.3, -0.25) is 9.59 Å². The molecule has 3 heterocycles. The van der Waals surface area contributed by atoms with Gasteiger partial charge in [0.05, 0.1) is 12.1 Å². The van der Waals surface area contributed by atoms with E-state index in [1.165, 1.54) is 0 Å². The van der Waals surface area contributed by atoms with Crippen molar-refractivity contribution in [1.29, 1.82) is 0 Å². The average Bonchev–Trinajstić information content (AvgIpc) is 3.42. The number of piperazine rings is 1. The highest BCUT2D eigenvalue weighted by Gasteiger charge is 2.25. The summed E-state index contributed by atoms with van der Waals surface area (Å²) in [7, 11) is 0. The number of hydrogen-bond donors (Lipinski definition) is 0. The highest BCUT2D eigenvalue weighted by Crippen LogP contribution is 2.18. The second-order valence-electron chi connectivity index (χ2n) is 7.96. The molecule has 1 aliphatic heterocycles. The standard InChI is InChI=1S/C23H27N5O4/c1-16-19(17(2)32-26-16)15-22(30)28-13-11-27(12-14-28)21(29)10-6-9-20-24-25-23(31-20)18-7-4-3-5-8-18/h3-5,7-8H,6,9-15H2,1-2H3. The number of aromatic nitrogens is 3. The van der Waals surface area contributed by atoms with Crippen molar-refractivity contribution in [2.45, 2.75) is 39.5 Å². The maximum Gasteiger partial charge on any atom is 0.247 e. The Balaban J connectivity index is 1.20. The van der Waals surface area contributed by atoms with Crippen LogP contribution in [0.5, 0.6) is 0 Å². The first-order valence-electron chi connectivity index (χ1n) is 10.9. The molecule has 0 bridgehead atoms. The molecule has 0 N–H and O–H groups in total. The van der Waals surface area contributed by atoms with Crippen LogP contribution in [0.3, 0.4) is 0 Å². The van der Waals surface area contributed by atoms with Gasteiger partial charge in [-0.15, -0.1) is 10.2 Å². The second kappa shape index (κ2) is 9.76. The summed E-state index contributed by atoms with van der Waals surface area (Å²) in [5, 5.41) is 12.1. The molecular weight excluding hydrogens is 410 g/mol. The molecule has 1 fully saturated rings. The molecule has 0 unspecified atom stereocenters. The van der Waals surface area contributed by atoms with Gasteiger partial charge in [-0.05, 0) is 32.4 Å². The van der Waals surface area contributed by atoms with Crippen LogP contribution in [0.25, 0.3) is 11.5 Å². The van der Waals surface area contributed by atoms with E-state index in [0.717, 1.165) is 16.8 Å². The van der Waals surface area contributed by atoms with Gasteiger partial charge in [0, 0.05) is 50.1 Å². The summed E-state index contributed by atoms with van der Waals surface area (Å²) in [5.74, 6) is 1.83. The van der Waals surface area contributed by atoms with E-state index in [1.807, 2.05) is 49.1 Å². The number of aryl methyl sites for hydroxylation is 3. The molecule has 2 aromatic heterocycles. The Morgan fingerprint density at radius 3 is 2.31 bits per heavy atom. The molecule has 0 radical (unpaired) electrons. The van der Waals surface area contributed by atoms with Gasteiger partial charge in [0.25, 0.3) is 0 Å². The molecule has 3 aromatic rings. The largest absolute Gasteiger partial charge is 0.421 e. The predicted octanol–water partition coefficient (Wildman–Crippen LogP) is 2.58. The Hall–Kier alpha value is -3.49. The van der Waals surface area contributed by atoms with Crippen LogP contribution in [0.15, 0.2) is 39.3 Å². The molecule has 1 aromatic carbocycles. The molecule has 1 saturated heterocycles. The van der Waals surface area contributed by atoms with Crippen LogP contribution in [0.1, 0.15) is 35.7 Å². The Labute approximate surface area is 186 Å². The molecule has 0 saturated carbocycles. The van der Waals surface area contributed by atoms with Gasteiger partial charge in [0.1, 0.15) is 5.76 Å². The van der Waals surface area contributed by atoms with E-state index >= 15 is 0 Å². The summed E-state index contributed by atoms with van der Waals surface area (Å²) >= 11 is 0. The number of hydrogen-bond acceptors (Lipinski definition) is 7. The molecule has 0 atom stereocenters. The van der Waals surface area contributed by atoms with Crippen molar-refractivity contribution in [3.8, 4) is 11.5 Å². The molecule has 2 amide bonds.